The number of carbonyl (C=O) groups is 1. The van der Waals surface area contributed by atoms with E-state index in [0.29, 0.717) is 18.7 Å². The first kappa shape index (κ1) is 18.2. The summed E-state index contributed by atoms with van der Waals surface area (Å²) in [6.07, 6.45) is 4.54. The van der Waals surface area contributed by atoms with Crippen LogP contribution < -0.4 is 9.47 Å². The lowest BCUT2D eigenvalue weighted by Crippen LogP contribution is -2.54. The first-order valence-electron chi connectivity index (χ1n) is 8.77. The predicted molar refractivity (Wildman–Crippen MR) is 97.2 cm³/mol. The van der Waals surface area contributed by atoms with E-state index in [1.165, 1.54) is 0 Å². The Kier molecular flexibility index (Phi) is 5.73. The minimum absolute atomic E-state index is 0.0690. The van der Waals surface area contributed by atoms with Crippen LogP contribution in [0.4, 0.5) is 0 Å². The lowest BCUT2D eigenvalue weighted by Gasteiger charge is -2.38. The second-order valence-corrected chi connectivity index (χ2v) is 6.67. The van der Waals surface area contributed by atoms with Crippen LogP contribution in [0.5, 0.6) is 11.5 Å². The van der Waals surface area contributed by atoms with Gasteiger partial charge in [0.25, 0.3) is 5.91 Å². The highest BCUT2D eigenvalue weighted by Crippen LogP contribution is 2.24. The highest BCUT2D eigenvalue weighted by Gasteiger charge is 2.36. The number of hydrogen-bond acceptors (Lipinski definition) is 5. The van der Waals surface area contributed by atoms with Crippen molar-refractivity contribution >= 4 is 5.91 Å². The summed E-state index contributed by atoms with van der Waals surface area (Å²) in [4.78, 5) is 18.0. The van der Waals surface area contributed by atoms with Crippen LogP contribution >= 0.6 is 0 Å². The normalized spacial score (nSPS) is 19.8. The molecular formula is C20H24N2O4. The zero-order chi connectivity index (χ0) is 18.4. The third kappa shape index (κ3) is 4.73. The van der Waals surface area contributed by atoms with Gasteiger partial charge in [0.2, 0.25) is 0 Å². The molecule has 6 nitrogen and oxygen atoms in total. The van der Waals surface area contributed by atoms with E-state index < -0.39 is 5.60 Å². The maximum atomic E-state index is 12.4. The molecule has 1 aliphatic heterocycles. The standard InChI is InChI=1S/C20H24N2O4/c1-16-6-2-3-8-18(16)26-15-20(24)9-5-11-22(14-20)19(23)13-25-17-7-4-10-21-12-17/h2-4,6-8,10,12,24H,5,9,11,13-15H2,1H3/t20-/m1/s1. The van der Waals surface area contributed by atoms with Crippen LogP contribution in [0.25, 0.3) is 0 Å². The number of aryl methyl sites for hydroxylation is 1. The zero-order valence-electron chi connectivity index (χ0n) is 14.9. The molecule has 1 aromatic heterocycles. The van der Waals surface area contributed by atoms with Gasteiger partial charge in [-0.05, 0) is 43.5 Å². The Labute approximate surface area is 153 Å². The van der Waals surface area contributed by atoms with E-state index in [4.69, 9.17) is 9.47 Å². The summed E-state index contributed by atoms with van der Waals surface area (Å²) in [6, 6.07) is 11.2. The fourth-order valence-electron chi connectivity index (χ4n) is 3.04. The highest BCUT2D eigenvalue weighted by molar-refractivity contribution is 5.78. The topological polar surface area (TPSA) is 71.9 Å². The number of amides is 1. The molecule has 1 aliphatic rings. The quantitative estimate of drug-likeness (QED) is 0.859. The number of aromatic nitrogens is 1. The van der Waals surface area contributed by atoms with Gasteiger partial charge in [-0.1, -0.05) is 18.2 Å². The average Bonchev–Trinajstić information content (AvgIpc) is 2.66. The molecule has 0 unspecified atom stereocenters. The lowest BCUT2D eigenvalue weighted by molar-refractivity contribution is -0.142. The van der Waals surface area contributed by atoms with E-state index in [2.05, 4.69) is 4.98 Å². The fourth-order valence-corrected chi connectivity index (χ4v) is 3.04. The number of para-hydroxylation sites is 1. The van der Waals surface area contributed by atoms with Crippen LogP contribution in [0.3, 0.4) is 0 Å². The molecule has 0 saturated carbocycles. The average molecular weight is 356 g/mol. The van der Waals surface area contributed by atoms with Crippen molar-refractivity contribution < 1.29 is 19.4 Å². The number of rotatable bonds is 6. The number of likely N-dealkylation sites (tertiary alicyclic amines) is 1. The maximum absolute atomic E-state index is 12.4. The van der Waals surface area contributed by atoms with Gasteiger partial charge >= 0.3 is 0 Å². The van der Waals surface area contributed by atoms with Crippen LogP contribution in [0.15, 0.2) is 48.8 Å². The molecule has 1 aromatic carbocycles. The van der Waals surface area contributed by atoms with Crippen molar-refractivity contribution in [2.75, 3.05) is 26.3 Å². The molecule has 6 heteroatoms. The second-order valence-electron chi connectivity index (χ2n) is 6.67. The Balaban J connectivity index is 1.54. The van der Waals surface area contributed by atoms with Crippen LogP contribution in [-0.2, 0) is 4.79 Å². The molecule has 2 aromatic rings. The molecule has 138 valence electrons. The molecule has 0 aliphatic carbocycles. The third-order valence-electron chi connectivity index (χ3n) is 4.49. The second kappa shape index (κ2) is 8.19. The smallest absolute Gasteiger partial charge is 0.260 e. The Morgan fingerprint density at radius 3 is 2.88 bits per heavy atom. The number of pyridine rings is 1. The van der Waals surface area contributed by atoms with E-state index in [1.807, 2.05) is 31.2 Å². The highest BCUT2D eigenvalue weighted by atomic mass is 16.5. The lowest BCUT2D eigenvalue weighted by atomic mass is 9.93. The van der Waals surface area contributed by atoms with Crippen molar-refractivity contribution in [2.45, 2.75) is 25.4 Å². The van der Waals surface area contributed by atoms with Gasteiger partial charge in [0.1, 0.15) is 23.7 Å². The number of carbonyl (C=O) groups excluding carboxylic acids is 1. The summed E-state index contributed by atoms with van der Waals surface area (Å²) in [6.45, 7) is 2.91. The Hall–Kier alpha value is -2.60. The van der Waals surface area contributed by atoms with Gasteiger partial charge in [-0.2, -0.15) is 0 Å². The van der Waals surface area contributed by atoms with Gasteiger partial charge < -0.3 is 19.5 Å². The van der Waals surface area contributed by atoms with Gasteiger partial charge in [0, 0.05) is 12.7 Å². The van der Waals surface area contributed by atoms with Crippen molar-refractivity contribution in [2.24, 2.45) is 0 Å². The zero-order valence-corrected chi connectivity index (χ0v) is 14.9. The molecule has 0 bridgehead atoms. The molecule has 1 amide bonds. The van der Waals surface area contributed by atoms with E-state index in [1.54, 1.807) is 29.4 Å². The van der Waals surface area contributed by atoms with Crippen LogP contribution in [0, 0.1) is 6.92 Å². The van der Waals surface area contributed by atoms with Crippen molar-refractivity contribution in [1.82, 2.24) is 9.88 Å². The van der Waals surface area contributed by atoms with Crippen molar-refractivity contribution in [1.29, 1.82) is 0 Å². The number of ether oxygens (including phenoxy) is 2. The minimum atomic E-state index is -1.05. The fraction of sp³-hybridized carbons (Fsp3) is 0.400. The SMILES string of the molecule is Cc1ccccc1OC[C@@]1(O)CCCN(C(=O)COc2cccnc2)C1. The van der Waals surface area contributed by atoms with Gasteiger partial charge in [0.15, 0.2) is 6.61 Å². The van der Waals surface area contributed by atoms with Crippen LogP contribution in [-0.4, -0.2) is 52.8 Å². The molecule has 3 rings (SSSR count). The molecule has 1 atom stereocenters. The molecule has 2 heterocycles. The molecule has 1 saturated heterocycles. The van der Waals surface area contributed by atoms with Crippen molar-refractivity contribution in [3.8, 4) is 11.5 Å². The summed E-state index contributed by atoms with van der Waals surface area (Å²) < 4.78 is 11.3. The van der Waals surface area contributed by atoms with Crippen molar-refractivity contribution in [3.05, 3.63) is 54.4 Å². The molecule has 1 N–H and O–H groups in total. The molecule has 0 radical (unpaired) electrons. The minimum Gasteiger partial charge on any atom is -0.490 e. The van der Waals surface area contributed by atoms with Gasteiger partial charge in [-0.15, -0.1) is 0 Å². The number of piperidine rings is 1. The van der Waals surface area contributed by atoms with Gasteiger partial charge in [0.05, 0.1) is 12.7 Å². The largest absolute Gasteiger partial charge is 0.490 e. The summed E-state index contributed by atoms with van der Waals surface area (Å²) >= 11 is 0. The molecule has 1 fully saturated rings. The first-order chi connectivity index (χ1) is 12.6. The van der Waals surface area contributed by atoms with E-state index in [9.17, 15) is 9.90 Å². The number of aliphatic hydroxyl groups is 1. The Morgan fingerprint density at radius 1 is 1.27 bits per heavy atom. The number of nitrogens with zero attached hydrogens (tertiary/aromatic N) is 2. The Bertz CT molecular complexity index is 738. The summed E-state index contributed by atoms with van der Waals surface area (Å²) in [5, 5.41) is 10.9. The van der Waals surface area contributed by atoms with E-state index in [-0.39, 0.29) is 25.7 Å². The summed E-state index contributed by atoms with van der Waals surface area (Å²) in [5.41, 5.74) is -0.0328. The number of hydrogen-bond donors (Lipinski definition) is 1. The summed E-state index contributed by atoms with van der Waals surface area (Å²) in [7, 11) is 0. The van der Waals surface area contributed by atoms with Crippen molar-refractivity contribution in [3.63, 3.8) is 0 Å². The Morgan fingerprint density at radius 2 is 2.12 bits per heavy atom. The maximum Gasteiger partial charge on any atom is 0.260 e. The molecular weight excluding hydrogens is 332 g/mol. The van der Waals surface area contributed by atoms with Gasteiger partial charge in [-0.3, -0.25) is 9.78 Å². The molecule has 26 heavy (non-hydrogen) atoms. The van der Waals surface area contributed by atoms with Crippen LogP contribution in [0.1, 0.15) is 18.4 Å². The van der Waals surface area contributed by atoms with Crippen LogP contribution in [0.2, 0.25) is 0 Å². The first-order valence-corrected chi connectivity index (χ1v) is 8.77. The molecule has 0 spiro atoms. The summed E-state index contributed by atoms with van der Waals surface area (Å²) in [5.74, 6) is 1.16. The third-order valence-corrected chi connectivity index (χ3v) is 4.49. The van der Waals surface area contributed by atoms with E-state index >= 15 is 0 Å². The van der Waals surface area contributed by atoms with Gasteiger partial charge in [-0.25, -0.2) is 0 Å². The number of β-amino-alcohol motifs (C(OH)–C–C–N with tert-alkyl or cyclic N) is 1. The predicted octanol–water partition coefficient (Wildman–Crippen LogP) is 2.20. The number of benzene rings is 1. The van der Waals surface area contributed by atoms with E-state index in [0.717, 1.165) is 17.7 Å². The monoisotopic (exact) mass is 356 g/mol.